The third-order valence-corrected chi connectivity index (χ3v) is 3.25. The summed E-state index contributed by atoms with van der Waals surface area (Å²) in [4.78, 5) is 12.6. The largest absolute Gasteiger partial charge is 0.497 e. The van der Waals surface area contributed by atoms with Crippen molar-refractivity contribution < 1.29 is 18.7 Å². The summed E-state index contributed by atoms with van der Waals surface area (Å²) in [5.41, 5.74) is 0.745. The van der Waals surface area contributed by atoms with Gasteiger partial charge in [-0.15, -0.1) is 0 Å². The topological polar surface area (TPSA) is 47.6 Å². The first kappa shape index (κ1) is 17.8. The molecule has 0 aromatic heterocycles. The Balaban J connectivity index is 2.27. The van der Waals surface area contributed by atoms with Crippen LogP contribution in [0.2, 0.25) is 0 Å². The number of esters is 1. The highest BCUT2D eigenvalue weighted by molar-refractivity contribution is 5.81. The summed E-state index contributed by atoms with van der Waals surface area (Å²) >= 11 is 0. The van der Waals surface area contributed by atoms with Crippen LogP contribution in [0.4, 0.5) is 10.1 Å². The molecule has 2 aromatic carbocycles. The molecular weight excluding hydrogens is 309 g/mol. The lowest BCUT2D eigenvalue weighted by Crippen LogP contribution is -2.31. The molecule has 0 spiro atoms. The number of hydrogen-bond donors (Lipinski definition) is 1. The van der Waals surface area contributed by atoms with Crippen molar-refractivity contribution in [2.75, 3.05) is 12.4 Å². The Hall–Kier alpha value is -2.56. The molecule has 0 unspecified atom stereocenters. The maximum atomic E-state index is 13.2. The van der Waals surface area contributed by atoms with Crippen LogP contribution in [0.25, 0.3) is 0 Å². The van der Waals surface area contributed by atoms with E-state index in [0.717, 1.165) is 11.4 Å². The zero-order valence-corrected chi connectivity index (χ0v) is 14.3. The van der Waals surface area contributed by atoms with Gasteiger partial charge >= 0.3 is 5.97 Å². The number of anilines is 1. The number of hydrogen-bond acceptors (Lipinski definition) is 4. The molecule has 0 aliphatic carbocycles. The molecule has 2 rings (SSSR count). The molecule has 0 saturated carbocycles. The quantitative estimate of drug-likeness (QED) is 0.829. The summed E-state index contributed by atoms with van der Waals surface area (Å²) in [6.45, 7) is 5.42. The average molecular weight is 331 g/mol. The van der Waals surface area contributed by atoms with Crippen LogP contribution < -0.4 is 10.1 Å². The van der Waals surface area contributed by atoms with Gasteiger partial charge in [0.2, 0.25) is 0 Å². The summed E-state index contributed by atoms with van der Waals surface area (Å²) in [7, 11) is 1.59. The van der Waals surface area contributed by atoms with Crippen LogP contribution in [0.3, 0.4) is 0 Å². The summed E-state index contributed by atoms with van der Waals surface area (Å²) in [5.74, 6) is -0.0628. The molecule has 0 aliphatic heterocycles. The number of rotatable bonds is 5. The van der Waals surface area contributed by atoms with Crippen molar-refractivity contribution in [3.05, 3.63) is 59.9 Å². The summed E-state index contributed by atoms with van der Waals surface area (Å²) < 4.78 is 23.8. The lowest BCUT2D eigenvalue weighted by Gasteiger charge is -2.25. The predicted molar refractivity (Wildman–Crippen MR) is 91.6 cm³/mol. The van der Waals surface area contributed by atoms with Crippen LogP contribution in [0.15, 0.2) is 48.5 Å². The predicted octanol–water partition coefficient (Wildman–Crippen LogP) is 4.33. The van der Waals surface area contributed by atoms with Gasteiger partial charge in [0.1, 0.15) is 17.2 Å². The number of carbonyl (C=O) groups excluding carboxylic acids is 1. The van der Waals surface area contributed by atoms with E-state index in [1.165, 1.54) is 12.1 Å². The summed E-state index contributed by atoms with van der Waals surface area (Å²) in [6.07, 6.45) is 0. The maximum Gasteiger partial charge on any atom is 0.333 e. The van der Waals surface area contributed by atoms with Gasteiger partial charge in [0.15, 0.2) is 6.04 Å². The van der Waals surface area contributed by atoms with Crippen LogP contribution in [0.1, 0.15) is 32.4 Å². The van der Waals surface area contributed by atoms with Crippen LogP contribution in [0, 0.1) is 5.82 Å². The van der Waals surface area contributed by atoms with E-state index in [1.54, 1.807) is 64.3 Å². The van der Waals surface area contributed by atoms with E-state index in [4.69, 9.17) is 9.47 Å². The highest BCUT2D eigenvalue weighted by Gasteiger charge is 2.26. The van der Waals surface area contributed by atoms with Gasteiger partial charge in [-0.25, -0.2) is 9.18 Å². The van der Waals surface area contributed by atoms with E-state index in [-0.39, 0.29) is 5.82 Å². The number of carbonyl (C=O) groups is 1. The van der Waals surface area contributed by atoms with Crippen molar-refractivity contribution >= 4 is 11.7 Å². The van der Waals surface area contributed by atoms with E-state index in [0.29, 0.717) is 5.56 Å². The molecule has 0 heterocycles. The normalized spacial score (nSPS) is 12.4. The number of ether oxygens (including phenoxy) is 2. The van der Waals surface area contributed by atoms with Gasteiger partial charge in [-0.2, -0.15) is 0 Å². The zero-order chi connectivity index (χ0) is 17.7. The number of benzene rings is 2. The molecule has 24 heavy (non-hydrogen) atoms. The fourth-order valence-corrected chi connectivity index (χ4v) is 2.15. The van der Waals surface area contributed by atoms with Crippen molar-refractivity contribution in [2.24, 2.45) is 0 Å². The molecule has 128 valence electrons. The minimum absolute atomic E-state index is 0.355. The van der Waals surface area contributed by atoms with Gasteiger partial charge in [-0.1, -0.05) is 12.1 Å². The number of methoxy groups -OCH3 is 1. The smallest absolute Gasteiger partial charge is 0.333 e. The van der Waals surface area contributed by atoms with Crippen molar-refractivity contribution in [1.29, 1.82) is 0 Å². The lowest BCUT2D eigenvalue weighted by molar-refractivity contribution is -0.156. The lowest BCUT2D eigenvalue weighted by atomic mass is 10.1. The van der Waals surface area contributed by atoms with Crippen LogP contribution in [0.5, 0.6) is 5.75 Å². The molecule has 0 fully saturated rings. The highest BCUT2D eigenvalue weighted by Crippen LogP contribution is 2.25. The van der Waals surface area contributed by atoms with Gasteiger partial charge in [0, 0.05) is 5.69 Å². The molecule has 1 atom stereocenters. The van der Waals surface area contributed by atoms with Crippen LogP contribution >= 0.6 is 0 Å². The van der Waals surface area contributed by atoms with Gasteiger partial charge in [0.25, 0.3) is 0 Å². The number of nitrogens with one attached hydrogen (secondary N) is 1. The zero-order valence-electron chi connectivity index (χ0n) is 14.3. The van der Waals surface area contributed by atoms with Crippen molar-refractivity contribution in [1.82, 2.24) is 0 Å². The SMILES string of the molecule is COc1ccc(N[C@H](C(=O)OC(C)(C)C)c2ccc(F)cc2)cc1. The third-order valence-electron chi connectivity index (χ3n) is 3.25. The standard InChI is InChI=1S/C19H22FNO3/c1-19(2,3)24-18(22)17(13-5-7-14(20)8-6-13)21-15-9-11-16(23-4)12-10-15/h5-12,17,21H,1-4H3/t17-/m0/s1. The molecule has 4 nitrogen and oxygen atoms in total. The molecule has 5 heteroatoms. The second-order valence-electron chi connectivity index (χ2n) is 6.39. The summed E-state index contributed by atoms with van der Waals surface area (Å²) in [5, 5.41) is 3.14. The Bertz CT molecular complexity index is 675. The first-order valence-electron chi connectivity index (χ1n) is 7.67. The van der Waals surface area contributed by atoms with Gasteiger partial charge in [-0.3, -0.25) is 0 Å². The molecule has 0 saturated heterocycles. The molecule has 1 N–H and O–H groups in total. The molecule has 2 aromatic rings. The van der Waals surface area contributed by atoms with E-state index in [9.17, 15) is 9.18 Å². The van der Waals surface area contributed by atoms with Crippen LogP contribution in [-0.4, -0.2) is 18.7 Å². The molecule has 0 aliphatic rings. The second kappa shape index (κ2) is 7.34. The van der Waals surface area contributed by atoms with Gasteiger partial charge < -0.3 is 14.8 Å². The van der Waals surface area contributed by atoms with E-state index >= 15 is 0 Å². The Morgan fingerprint density at radius 2 is 1.62 bits per heavy atom. The molecule has 0 radical (unpaired) electrons. The molecular formula is C19H22FNO3. The Labute approximate surface area is 141 Å². The number of halogens is 1. The van der Waals surface area contributed by atoms with Gasteiger partial charge in [0.05, 0.1) is 7.11 Å². The highest BCUT2D eigenvalue weighted by atomic mass is 19.1. The first-order chi connectivity index (χ1) is 11.3. The Kier molecular flexibility index (Phi) is 5.44. The monoisotopic (exact) mass is 331 g/mol. The maximum absolute atomic E-state index is 13.2. The first-order valence-corrected chi connectivity index (χ1v) is 7.67. The minimum Gasteiger partial charge on any atom is -0.497 e. The van der Waals surface area contributed by atoms with Gasteiger partial charge in [-0.05, 0) is 62.7 Å². The van der Waals surface area contributed by atoms with Crippen molar-refractivity contribution in [2.45, 2.75) is 32.4 Å². The Morgan fingerprint density at radius 3 is 2.12 bits per heavy atom. The average Bonchev–Trinajstić information content (AvgIpc) is 2.52. The van der Waals surface area contributed by atoms with Crippen molar-refractivity contribution in [3.63, 3.8) is 0 Å². The fourth-order valence-electron chi connectivity index (χ4n) is 2.15. The third kappa shape index (κ3) is 4.98. The van der Waals surface area contributed by atoms with E-state index in [1.807, 2.05) is 0 Å². The minimum atomic E-state index is -0.738. The van der Waals surface area contributed by atoms with E-state index in [2.05, 4.69) is 5.32 Å². The van der Waals surface area contributed by atoms with Crippen LogP contribution in [-0.2, 0) is 9.53 Å². The van der Waals surface area contributed by atoms with Crippen molar-refractivity contribution in [3.8, 4) is 5.75 Å². The summed E-state index contributed by atoms with van der Waals surface area (Å²) in [6, 6.07) is 12.2. The molecule has 0 amide bonds. The fraction of sp³-hybridized carbons (Fsp3) is 0.316. The van der Waals surface area contributed by atoms with E-state index < -0.39 is 17.6 Å². The Morgan fingerprint density at radius 1 is 1.04 bits per heavy atom. The second-order valence-corrected chi connectivity index (χ2v) is 6.39. The molecule has 0 bridgehead atoms.